The highest BCUT2D eigenvalue weighted by Crippen LogP contribution is 2.29. The quantitative estimate of drug-likeness (QED) is 0.703. The van der Waals surface area contributed by atoms with E-state index < -0.39 is 0 Å². The first-order valence-electron chi connectivity index (χ1n) is 12.4. The van der Waals surface area contributed by atoms with E-state index in [1.54, 1.807) is 11.0 Å². The number of aromatic nitrogens is 2. The van der Waals surface area contributed by atoms with Crippen LogP contribution in [0.25, 0.3) is 11.2 Å². The minimum absolute atomic E-state index is 0.0214. The maximum Gasteiger partial charge on any atom is 0.255 e. The smallest absolute Gasteiger partial charge is 0.255 e. The van der Waals surface area contributed by atoms with Gasteiger partial charge in [-0.2, -0.15) is 0 Å². The number of carbonyl (C=O) groups excluding carboxylic acids is 1. The first-order chi connectivity index (χ1) is 16.6. The maximum absolute atomic E-state index is 13.5. The number of nitrogens with zero attached hydrogens (tertiary/aromatic N) is 5. The van der Waals surface area contributed by atoms with Crippen LogP contribution < -0.4 is 0 Å². The summed E-state index contributed by atoms with van der Waals surface area (Å²) >= 11 is 0. The molecule has 0 N–H and O–H groups in total. The van der Waals surface area contributed by atoms with Crippen LogP contribution in [-0.4, -0.2) is 62.2 Å². The van der Waals surface area contributed by atoms with Crippen molar-refractivity contribution in [3.8, 4) is 0 Å². The number of fused-ring (bicyclic) bond motifs is 3. The molecule has 6 heterocycles. The molecule has 2 fully saturated rings. The Kier molecular flexibility index (Phi) is 5.26. The molecule has 1 amide bonds. The van der Waals surface area contributed by atoms with Crippen LogP contribution in [0.5, 0.6) is 0 Å². The molecule has 6 heteroatoms. The highest BCUT2D eigenvalue weighted by molar-refractivity contribution is 6.00. The summed E-state index contributed by atoms with van der Waals surface area (Å²) in [6.45, 7) is 8.55. The van der Waals surface area contributed by atoms with Crippen molar-refractivity contribution in [3.05, 3.63) is 89.3 Å². The van der Waals surface area contributed by atoms with Gasteiger partial charge in [0.25, 0.3) is 5.91 Å². The molecule has 6 rings (SSSR count). The summed E-state index contributed by atoms with van der Waals surface area (Å²) in [5.41, 5.74) is 7.12. The summed E-state index contributed by atoms with van der Waals surface area (Å²) < 4.78 is 2.08. The second-order valence-corrected chi connectivity index (χ2v) is 9.64. The molecule has 2 aromatic heterocycles. The first-order valence-corrected chi connectivity index (χ1v) is 12.4. The van der Waals surface area contributed by atoms with Crippen LogP contribution >= 0.6 is 0 Å². The summed E-state index contributed by atoms with van der Waals surface area (Å²) in [7, 11) is 0. The molecule has 34 heavy (non-hydrogen) atoms. The first kappa shape index (κ1) is 21.2. The molecule has 0 radical (unpaired) electrons. The van der Waals surface area contributed by atoms with E-state index in [2.05, 4.69) is 50.5 Å². The standard InChI is InChI=1S/C28H31N5O/c1-3-21-14-23(17-32-16-20(2)29-28(21)32)22-6-4-7-24-9-10-26(19-33(24)27(34)15-22)31-13-12-30-11-5-8-25(30)18-31/h4,6-7,9-10,14-17,19,25H,3,5,8,11-13,18H2,1-2H3/b6-4?,22-15?,24-7+/t25-/m0/s1. The van der Waals surface area contributed by atoms with E-state index in [0.717, 1.165) is 59.9 Å². The summed E-state index contributed by atoms with van der Waals surface area (Å²) in [5, 5.41) is 0. The second kappa shape index (κ2) is 8.44. The fraction of sp³-hybridized carbons (Fsp3) is 0.357. The zero-order valence-electron chi connectivity index (χ0n) is 19.9. The van der Waals surface area contributed by atoms with Gasteiger partial charge in [0.05, 0.1) is 11.4 Å². The van der Waals surface area contributed by atoms with Crippen molar-refractivity contribution in [1.29, 1.82) is 0 Å². The lowest BCUT2D eigenvalue weighted by molar-refractivity contribution is -0.122. The topological polar surface area (TPSA) is 44.1 Å². The number of carbonyl (C=O) groups is 1. The van der Waals surface area contributed by atoms with Crippen molar-refractivity contribution < 1.29 is 4.79 Å². The van der Waals surface area contributed by atoms with Gasteiger partial charge in [-0.25, -0.2) is 4.98 Å². The Hall–Kier alpha value is -3.38. The third-order valence-corrected chi connectivity index (χ3v) is 7.44. The van der Waals surface area contributed by atoms with E-state index in [1.807, 2.05) is 37.5 Å². The third-order valence-electron chi connectivity index (χ3n) is 7.44. The molecule has 1 atom stereocenters. The highest BCUT2D eigenvalue weighted by Gasteiger charge is 2.32. The number of allylic oxidation sites excluding steroid dienone is 6. The fourth-order valence-electron chi connectivity index (χ4n) is 5.63. The van der Waals surface area contributed by atoms with E-state index in [4.69, 9.17) is 0 Å². The van der Waals surface area contributed by atoms with Gasteiger partial charge in [0.1, 0.15) is 5.65 Å². The van der Waals surface area contributed by atoms with Crippen LogP contribution in [0.4, 0.5) is 0 Å². The Bertz CT molecular complexity index is 1310. The summed E-state index contributed by atoms with van der Waals surface area (Å²) in [5.74, 6) is -0.0214. The van der Waals surface area contributed by atoms with Gasteiger partial charge in [-0.15, -0.1) is 0 Å². The molecule has 0 unspecified atom stereocenters. The molecule has 6 nitrogen and oxygen atoms in total. The Labute approximate surface area is 200 Å². The predicted molar refractivity (Wildman–Crippen MR) is 135 cm³/mol. The van der Waals surface area contributed by atoms with Crippen LogP contribution in [0.3, 0.4) is 0 Å². The molecule has 0 bridgehead atoms. The van der Waals surface area contributed by atoms with Gasteiger partial charge >= 0.3 is 0 Å². The molecule has 0 aliphatic carbocycles. The van der Waals surface area contributed by atoms with Crippen molar-refractivity contribution in [2.75, 3.05) is 26.2 Å². The number of pyridine rings is 1. The average molecular weight is 454 g/mol. The Balaban J connectivity index is 1.32. The third kappa shape index (κ3) is 3.72. The van der Waals surface area contributed by atoms with E-state index in [1.165, 1.54) is 24.9 Å². The molecule has 0 aromatic carbocycles. The van der Waals surface area contributed by atoms with E-state index in [-0.39, 0.29) is 5.91 Å². The zero-order chi connectivity index (χ0) is 23.2. The van der Waals surface area contributed by atoms with Gasteiger partial charge in [-0.3, -0.25) is 14.6 Å². The number of rotatable bonds is 3. The van der Waals surface area contributed by atoms with Crippen molar-refractivity contribution in [2.45, 2.75) is 39.2 Å². The molecule has 2 aromatic rings. The molecule has 174 valence electrons. The molecule has 0 spiro atoms. The number of piperazine rings is 1. The number of imidazole rings is 1. The molecule has 4 aliphatic heterocycles. The van der Waals surface area contributed by atoms with Crippen molar-refractivity contribution in [1.82, 2.24) is 24.1 Å². The van der Waals surface area contributed by atoms with E-state index in [9.17, 15) is 4.79 Å². The van der Waals surface area contributed by atoms with Crippen LogP contribution in [0, 0.1) is 6.92 Å². The van der Waals surface area contributed by atoms with Crippen LogP contribution in [0.1, 0.15) is 36.6 Å². The number of hydrogen-bond donors (Lipinski definition) is 0. The highest BCUT2D eigenvalue weighted by atomic mass is 16.2. The zero-order valence-corrected chi connectivity index (χ0v) is 19.9. The lowest BCUT2D eigenvalue weighted by atomic mass is 10.0. The van der Waals surface area contributed by atoms with Crippen molar-refractivity contribution in [2.24, 2.45) is 0 Å². The summed E-state index contributed by atoms with van der Waals surface area (Å²) in [6, 6.07) is 2.81. The summed E-state index contributed by atoms with van der Waals surface area (Å²) in [4.78, 5) is 25.0. The average Bonchev–Trinajstić information content (AvgIpc) is 3.46. The largest absolute Gasteiger partial charge is 0.367 e. The Morgan fingerprint density at radius 2 is 1.97 bits per heavy atom. The maximum atomic E-state index is 13.5. The van der Waals surface area contributed by atoms with Crippen molar-refractivity contribution in [3.63, 3.8) is 0 Å². The molecule has 4 aliphatic rings. The fourth-order valence-corrected chi connectivity index (χ4v) is 5.63. The van der Waals surface area contributed by atoms with Gasteiger partial charge in [0.2, 0.25) is 0 Å². The van der Waals surface area contributed by atoms with Crippen LogP contribution in [0.2, 0.25) is 0 Å². The number of amides is 1. The van der Waals surface area contributed by atoms with E-state index in [0.29, 0.717) is 6.04 Å². The number of hydrogen-bond acceptors (Lipinski definition) is 4. The molecular weight excluding hydrogens is 422 g/mol. The van der Waals surface area contributed by atoms with Gasteiger partial charge in [0.15, 0.2) is 0 Å². The summed E-state index contributed by atoms with van der Waals surface area (Å²) in [6.07, 6.45) is 21.7. The lowest BCUT2D eigenvalue weighted by Crippen LogP contribution is -2.49. The normalized spacial score (nSPS) is 24.4. The Morgan fingerprint density at radius 1 is 1.09 bits per heavy atom. The minimum Gasteiger partial charge on any atom is -0.367 e. The monoisotopic (exact) mass is 453 g/mol. The SMILES string of the molecule is CCc1cc(C2=CC(=O)N3C=C(N4CCN5CCC[C@H]5C4)C=C/C3=C\C=C2)cn2cc(C)nc12. The molecular formula is C28H31N5O. The van der Waals surface area contributed by atoms with E-state index >= 15 is 0 Å². The van der Waals surface area contributed by atoms with Gasteiger partial charge in [-0.1, -0.05) is 19.1 Å². The van der Waals surface area contributed by atoms with Crippen LogP contribution in [-0.2, 0) is 11.2 Å². The molecule has 2 saturated heterocycles. The predicted octanol–water partition coefficient (Wildman–Crippen LogP) is 4.06. The Morgan fingerprint density at radius 3 is 2.85 bits per heavy atom. The lowest BCUT2D eigenvalue weighted by Gasteiger charge is -2.40. The minimum atomic E-state index is -0.0214. The van der Waals surface area contributed by atoms with Crippen molar-refractivity contribution >= 4 is 17.1 Å². The molecule has 0 saturated carbocycles. The number of aryl methyl sites for hydroxylation is 2. The van der Waals surface area contributed by atoms with Crippen LogP contribution in [0.15, 0.2) is 72.5 Å². The second-order valence-electron chi connectivity index (χ2n) is 9.64. The van der Waals surface area contributed by atoms with Gasteiger partial charge in [-0.05, 0) is 73.7 Å². The van der Waals surface area contributed by atoms with Gasteiger partial charge < -0.3 is 9.30 Å². The van der Waals surface area contributed by atoms with Gasteiger partial charge in [0, 0.05) is 56.0 Å².